The second kappa shape index (κ2) is 7.17. The maximum absolute atomic E-state index is 11.3. The molecule has 0 unspecified atom stereocenters. The first kappa shape index (κ1) is 16.1. The topological polar surface area (TPSA) is 76.6 Å². The Hall–Kier alpha value is -1.82. The van der Waals surface area contributed by atoms with E-state index in [1.54, 1.807) is 0 Å². The minimum atomic E-state index is -0.820. The Labute approximate surface area is 136 Å². The largest absolute Gasteiger partial charge is 0.465 e. The molecule has 1 saturated heterocycles. The molecule has 23 heavy (non-hydrogen) atoms. The maximum Gasteiger partial charge on any atom is 0.407 e. The van der Waals surface area contributed by atoms with Gasteiger partial charge in [0.15, 0.2) is 6.29 Å². The molecule has 0 spiro atoms. The molecule has 1 aliphatic heterocycles. The van der Waals surface area contributed by atoms with E-state index in [1.165, 1.54) is 34.6 Å². The fourth-order valence-corrected chi connectivity index (χ4v) is 3.81. The standard InChI is InChI=1S/C17H25N3O3/c21-12-16-14(13-4-1-2-6-15(13)18-16)5-3-7-19-8-10-20(11-9-19)17(22)23/h12,18H,1-11H2,(H,22,23). The minimum absolute atomic E-state index is 0.592. The van der Waals surface area contributed by atoms with Gasteiger partial charge in [0.2, 0.25) is 0 Å². The summed E-state index contributed by atoms with van der Waals surface area (Å²) in [6.07, 6.45) is 6.65. The molecule has 126 valence electrons. The van der Waals surface area contributed by atoms with Gasteiger partial charge in [-0.3, -0.25) is 9.69 Å². The predicted octanol–water partition coefficient (Wildman–Crippen LogP) is 1.93. The molecule has 0 atom stereocenters. The number of carbonyl (C=O) groups is 2. The van der Waals surface area contributed by atoms with Crippen molar-refractivity contribution in [3.8, 4) is 0 Å². The lowest BCUT2D eigenvalue weighted by Crippen LogP contribution is -2.48. The van der Waals surface area contributed by atoms with Crippen LogP contribution in [0.5, 0.6) is 0 Å². The smallest absolute Gasteiger partial charge is 0.407 e. The number of fused-ring (bicyclic) bond motifs is 1. The molecule has 1 aromatic heterocycles. The van der Waals surface area contributed by atoms with E-state index in [2.05, 4.69) is 9.88 Å². The van der Waals surface area contributed by atoms with Gasteiger partial charge in [-0.05, 0) is 56.2 Å². The van der Waals surface area contributed by atoms with Crippen LogP contribution in [-0.4, -0.2) is 65.0 Å². The van der Waals surface area contributed by atoms with Crippen molar-refractivity contribution in [3.63, 3.8) is 0 Å². The monoisotopic (exact) mass is 319 g/mol. The van der Waals surface area contributed by atoms with Gasteiger partial charge in [-0.2, -0.15) is 0 Å². The summed E-state index contributed by atoms with van der Waals surface area (Å²) in [4.78, 5) is 29.3. The van der Waals surface area contributed by atoms with Crippen LogP contribution in [0.15, 0.2) is 0 Å². The number of hydrogen-bond acceptors (Lipinski definition) is 3. The van der Waals surface area contributed by atoms with E-state index in [0.29, 0.717) is 13.1 Å². The van der Waals surface area contributed by atoms with Crippen molar-refractivity contribution in [1.82, 2.24) is 14.8 Å². The molecule has 0 radical (unpaired) electrons. The second-order valence-electron chi connectivity index (χ2n) is 6.51. The number of carbonyl (C=O) groups excluding carboxylic acids is 1. The summed E-state index contributed by atoms with van der Waals surface area (Å²) in [6, 6.07) is 0. The Balaban J connectivity index is 1.52. The van der Waals surface area contributed by atoms with Gasteiger partial charge < -0.3 is 15.0 Å². The number of H-pyrrole nitrogens is 1. The first-order valence-corrected chi connectivity index (χ1v) is 8.57. The van der Waals surface area contributed by atoms with Crippen molar-refractivity contribution < 1.29 is 14.7 Å². The number of aldehydes is 1. The Morgan fingerprint density at radius 2 is 1.91 bits per heavy atom. The molecule has 1 fully saturated rings. The van der Waals surface area contributed by atoms with Crippen LogP contribution in [0.1, 0.15) is 46.6 Å². The van der Waals surface area contributed by atoms with Gasteiger partial charge >= 0.3 is 6.09 Å². The molecule has 1 aliphatic carbocycles. The lowest BCUT2D eigenvalue weighted by molar-refractivity contribution is 0.105. The fraction of sp³-hybridized carbons (Fsp3) is 0.647. The lowest BCUT2D eigenvalue weighted by atomic mass is 9.92. The summed E-state index contributed by atoms with van der Waals surface area (Å²) in [5, 5.41) is 8.97. The number of piperazine rings is 1. The van der Waals surface area contributed by atoms with E-state index < -0.39 is 6.09 Å². The van der Waals surface area contributed by atoms with Gasteiger partial charge in [-0.15, -0.1) is 0 Å². The number of aryl methyl sites for hydroxylation is 1. The van der Waals surface area contributed by atoms with Crippen molar-refractivity contribution >= 4 is 12.4 Å². The lowest BCUT2D eigenvalue weighted by Gasteiger charge is -2.33. The third-order valence-electron chi connectivity index (χ3n) is 5.10. The van der Waals surface area contributed by atoms with Gasteiger partial charge in [-0.25, -0.2) is 4.79 Å². The highest BCUT2D eigenvalue weighted by Crippen LogP contribution is 2.27. The second-order valence-corrected chi connectivity index (χ2v) is 6.51. The van der Waals surface area contributed by atoms with Crippen LogP contribution in [0.25, 0.3) is 0 Å². The van der Waals surface area contributed by atoms with Crippen LogP contribution in [0, 0.1) is 0 Å². The third kappa shape index (κ3) is 3.58. The van der Waals surface area contributed by atoms with Crippen molar-refractivity contribution in [2.45, 2.75) is 38.5 Å². The summed E-state index contributed by atoms with van der Waals surface area (Å²) in [5.41, 5.74) is 4.64. The van der Waals surface area contributed by atoms with Gasteiger partial charge in [0.05, 0.1) is 5.69 Å². The van der Waals surface area contributed by atoms with Crippen LogP contribution >= 0.6 is 0 Å². The van der Waals surface area contributed by atoms with E-state index in [0.717, 1.165) is 57.3 Å². The highest BCUT2D eigenvalue weighted by Gasteiger charge is 2.22. The minimum Gasteiger partial charge on any atom is -0.465 e. The first-order valence-electron chi connectivity index (χ1n) is 8.57. The summed E-state index contributed by atoms with van der Waals surface area (Å²) in [5.74, 6) is 0. The highest BCUT2D eigenvalue weighted by molar-refractivity contribution is 5.76. The summed E-state index contributed by atoms with van der Waals surface area (Å²) in [6.45, 7) is 3.75. The van der Waals surface area contributed by atoms with E-state index in [-0.39, 0.29) is 0 Å². The number of nitrogens with zero attached hydrogens (tertiary/aromatic N) is 2. The highest BCUT2D eigenvalue weighted by atomic mass is 16.4. The summed E-state index contributed by atoms with van der Waals surface area (Å²) < 4.78 is 0. The molecule has 0 saturated carbocycles. The molecule has 2 aliphatic rings. The molecule has 1 amide bonds. The van der Waals surface area contributed by atoms with Crippen molar-refractivity contribution in [2.75, 3.05) is 32.7 Å². The van der Waals surface area contributed by atoms with Gasteiger partial charge in [0.25, 0.3) is 0 Å². The van der Waals surface area contributed by atoms with Crippen LogP contribution in [0.2, 0.25) is 0 Å². The van der Waals surface area contributed by atoms with Gasteiger partial charge in [0.1, 0.15) is 0 Å². The molecule has 6 nitrogen and oxygen atoms in total. The molecule has 2 heterocycles. The number of aromatic nitrogens is 1. The van der Waals surface area contributed by atoms with E-state index >= 15 is 0 Å². The third-order valence-corrected chi connectivity index (χ3v) is 5.10. The Kier molecular flexibility index (Phi) is 5.00. The van der Waals surface area contributed by atoms with E-state index in [9.17, 15) is 9.59 Å². The quantitative estimate of drug-likeness (QED) is 0.813. The number of hydrogen-bond donors (Lipinski definition) is 2. The van der Waals surface area contributed by atoms with Crippen molar-refractivity contribution in [2.24, 2.45) is 0 Å². The van der Waals surface area contributed by atoms with Crippen molar-refractivity contribution in [1.29, 1.82) is 0 Å². The average Bonchev–Trinajstić information content (AvgIpc) is 2.93. The van der Waals surface area contributed by atoms with E-state index in [4.69, 9.17) is 5.11 Å². The predicted molar refractivity (Wildman–Crippen MR) is 87.2 cm³/mol. The Morgan fingerprint density at radius 3 is 2.61 bits per heavy atom. The number of rotatable bonds is 5. The number of carboxylic acid groups (broad SMARTS) is 1. The van der Waals surface area contributed by atoms with Gasteiger partial charge in [0, 0.05) is 31.9 Å². The number of nitrogens with one attached hydrogen (secondary N) is 1. The molecule has 1 aromatic rings. The number of aromatic amines is 1. The zero-order chi connectivity index (χ0) is 16.2. The fourth-order valence-electron chi connectivity index (χ4n) is 3.81. The molecular formula is C17H25N3O3. The summed E-state index contributed by atoms with van der Waals surface area (Å²) >= 11 is 0. The molecule has 6 heteroatoms. The van der Waals surface area contributed by atoms with Crippen molar-refractivity contribution in [3.05, 3.63) is 22.5 Å². The van der Waals surface area contributed by atoms with Crippen LogP contribution < -0.4 is 0 Å². The Bertz CT molecular complexity index is 574. The molecular weight excluding hydrogens is 294 g/mol. The zero-order valence-electron chi connectivity index (χ0n) is 13.5. The molecule has 2 N–H and O–H groups in total. The zero-order valence-corrected chi connectivity index (χ0v) is 13.5. The molecule has 0 aromatic carbocycles. The van der Waals surface area contributed by atoms with Crippen LogP contribution in [0.4, 0.5) is 4.79 Å². The van der Waals surface area contributed by atoms with Gasteiger partial charge in [-0.1, -0.05) is 0 Å². The maximum atomic E-state index is 11.3. The first-order chi connectivity index (χ1) is 11.2. The van der Waals surface area contributed by atoms with Crippen LogP contribution in [-0.2, 0) is 19.3 Å². The Morgan fingerprint density at radius 1 is 1.17 bits per heavy atom. The summed E-state index contributed by atoms with van der Waals surface area (Å²) in [7, 11) is 0. The number of amides is 1. The molecule has 3 rings (SSSR count). The SMILES string of the molecule is O=Cc1[nH]c2c(c1CCCN1CCN(C(=O)O)CC1)CCCC2. The molecule has 0 bridgehead atoms. The van der Waals surface area contributed by atoms with Crippen LogP contribution in [0.3, 0.4) is 0 Å². The average molecular weight is 319 g/mol. The van der Waals surface area contributed by atoms with E-state index in [1.807, 2.05) is 0 Å². The normalized spacial score (nSPS) is 18.7.